The van der Waals surface area contributed by atoms with Gasteiger partial charge >= 0.3 is 5.97 Å². The molecule has 3 unspecified atom stereocenters. The summed E-state index contributed by atoms with van der Waals surface area (Å²) in [7, 11) is 0. The summed E-state index contributed by atoms with van der Waals surface area (Å²) in [6.45, 7) is 16.3. The number of hydrogen-bond acceptors (Lipinski definition) is 6. The first-order valence-electron chi connectivity index (χ1n) is 14.0. The molecular weight excluding hydrogens is 456 g/mol. The van der Waals surface area contributed by atoms with Gasteiger partial charge in [0.05, 0.1) is 12.2 Å². The quantitative estimate of drug-likeness (QED) is 0.317. The molecule has 0 aromatic heterocycles. The van der Waals surface area contributed by atoms with Crippen LogP contribution in [0.1, 0.15) is 92.9 Å². The molecule has 4 N–H and O–H groups in total. The summed E-state index contributed by atoms with van der Waals surface area (Å²) in [6.07, 6.45) is 4.06. The van der Waals surface area contributed by atoms with Crippen molar-refractivity contribution in [3.8, 4) is 0 Å². The van der Waals surface area contributed by atoms with Gasteiger partial charge in [0.1, 0.15) is 17.3 Å². The molecule has 0 aromatic rings. The Hall–Kier alpha value is -1.21. The number of aliphatic hydroxyl groups excluding tert-OH is 2. The standard InChI is InChI=1S/C30H48O6/c1-17(2)18(3)8-9-19(4)22-10-11-23-24-14-26(36-20(5)31)29(34)15-21(32)12-13-28(29,7)30(24,35)25(33)16-27(22,23)6/h14,17,19,21-23,25-26,32-35H,3,8-13,15-16H2,1-2,4-7H3/t19?,21-,22?,23?,25+,26+,27+,28-,29-,30-/m0/s1. The molecule has 0 radical (unpaired) electrons. The van der Waals surface area contributed by atoms with Gasteiger partial charge in [0.2, 0.25) is 0 Å². The molecule has 6 heteroatoms. The molecule has 0 spiro atoms. The Labute approximate surface area is 216 Å². The molecule has 204 valence electrons. The van der Waals surface area contributed by atoms with Gasteiger partial charge in [-0.1, -0.05) is 46.8 Å². The van der Waals surface area contributed by atoms with E-state index in [0.717, 1.165) is 31.3 Å². The van der Waals surface area contributed by atoms with Gasteiger partial charge in [0, 0.05) is 18.8 Å². The van der Waals surface area contributed by atoms with E-state index in [2.05, 4.69) is 34.3 Å². The van der Waals surface area contributed by atoms with Crippen molar-refractivity contribution in [2.24, 2.45) is 34.5 Å². The Morgan fingerprint density at radius 3 is 2.42 bits per heavy atom. The van der Waals surface area contributed by atoms with Gasteiger partial charge in [-0.05, 0) is 85.7 Å². The molecule has 0 aliphatic heterocycles. The summed E-state index contributed by atoms with van der Waals surface area (Å²) in [5.74, 6) is 0.810. The smallest absolute Gasteiger partial charge is 0.303 e. The number of rotatable bonds is 6. The highest BCUT2D eigenvalue weighted by molar-refractivity contribution is 5.67. The topological polar surface area (TPSA) is 107 Å². The van der Waals surface area contributed by atoms with Crippen LogP contribution in [-0.4, -0.2) is 55.9 Å². The highest BCUT2D eigenvalue weighted by atomic mass is 16.6. The normalized spacial score (nSPS) is 46.9. The fourth-order valence-corrected chi connectivity index (χ4v) is 8.78. The number of fused-ring (bicyclic) bond motifs is 5. The van der Waals surface area contributed by atoms with E-state index in [1.807, 2.05) is 0 Å². The first kappa shape index (κ1) is 27.8. The zero-order valence-electron chi connectivity index (χ0n) is 23.1. The lowest BCUT2D eigenvalue weighted by Crippen LogP contribution is -2.76. The van der Waals surface area contributed by atoms with Crippen LogP contribution in [0.3, 0.4) is 0 Å². The average Bonchev–Trinajstić information content (AvgIpc) is 3.12. The van der Waals surface area contributed by atoms with Crippen LogP contribution in [-0.2, 0) is 9.53 Å². The van der Waals surface area contributed by atoms with Crippen LogP contribution in [0.15, 0.2) is 23.8 Å². The number of carbonyl (C=O) groups excluding carboxylic acids is 1. The van der Waals surface area contributed by atoms with Crippen LogP contribution in [0.2, 0.25) is 0 Å². The van der Waals surface area contributed by atoms with Gasteiger partial charge in [-0.2, -0.15) is 0 Å². The zero-order valence-corrected chi connectivity index (χ0v) is 23.1. The zero-order chi connectivity index (χ0) is 26.8. The Balaban J connectivity index is 1.74. The van der Waals surface area contributed by atoms with Crippen molar-refractivity contribution in [3.05, 3.63) is 23.8 Å². The van der Waals surface area contributed by atoms with Crippen molar-refractivity contribution in [1.82, 2.24) is 0 Å². The van der Waals surface area contributed by atoms with Crippen molar-refractivity contribution in [2.45, 2.75) is 122 Å². The number of ether oxygens (including phenoxy) is 1. The molecule has 10 atom stereocenters. The molecule has 0 bridgehead atoms. The van der Waals surface area contributed by atoms with Gasteiger partial charge in [-0.25, -0.2) is 0 Å². The lowest BCUT2D eigenvalue weighted by atomic mass is 9.42. The fourth-order valence-electron chi connectivity index (χ4n) is 8.78. The van der Waals surface area contributed by atoms with Gasteiger partial charge in [-0.3, -0.25) is 4.79 Å². The van der Waals surface area contributed by atoms with E-state index in [4.69, 9.17) is 4.74 Å². The van der Waals surface area contributed by atoms with E-state index >= 15 is 0 Å². The number of hydrogen-bond donors (Lipinski definition) is 4. The second-order valence-electron chi connectivity index (χ2n) is 13.4. The second-order valence-corrected chi connectivity index (χ2v) is 13.4. The lowest BCUT2D eigenvalue weighted by molar-refractivity contribution is -0.284. The van der Waals surface area contributed by atoms with E-state index < -0.39 is 40.9 Å². The maximum atomic E-state index is 12.4. The first-order valence-corrected chi connectivity index (χ1v) is 14.0. The highest BCUT2D eigenvalue weighted by Gasteiger charge is 2.74. The molecule has 4 aliphatic carbocycles. The first-order chi connectivity index (χ1) is 16.6. The van der Waals surface area contributed by atoms with Gasteiger partial charge in [-0.15, -0.1) is 0 Å². The summed E-state index contributed by atoms with van der Waals surface area (Å²) in [5, 5.41) is 46.6. The molecule has 0 amide bonds. The van der Waals surface area contributed by atoms with Crippen molar-refractivity contribution in [3.63, 3.8) is 0 Å². The molecule has 4 aliphatic rings. The van der Waals surface area contributed by atoms with Gasteiger partial charge in [0.15, 0.2) is 0 Å². The van der Waals surface area contributed by atoms with E-state index in [0.29, 0.717) is 37.0 Å². The number of aliphatic hydroxyl groups is 4. The van der Waals surface area contributed by atoms with E-state index in [9.17, 15) is 25.2 Å². The van der Waals surface area contributed by atoms with Crippen LogP contribution in [0.4, 0.5) is 0 Å². The average molecular weight is 505 g/mol. The summed E-state index contributed by atoms with van der Waals surface area (Å²) in [4.78, 5) is 12.1. The maximum absolute atomic E-state index is 12.4. The Morgan fingerprint density at radius 1 is 1.14 bits per heavy atom. The Bertz CT molecular complexity index is 926. The highest BCUT2D eigenvalue weighted by Crippen LogP contribution is 2.69. The minimum Gasteiger partial charge on any atom is -0.455 e. The number of carbonyl (C=O) groups is 1. The van der Waals surface area contributed by atoms with Crippen molar-refractivity contribution < 1.29 is 30.0 Å². The summed E-state index contributed by atoms with van der Waals surface area (Å²) in [6, 6.07) is 0. The predicted molar refractivity (Wildman–Crippen MR) is 139 cm³/mol. The fraction of sp³-hybridized carbons (Fsp3) is 0.833. The Morgan fingerprint density at radius 2 is 1.81 bits per heavy atom. The molecule has 3 saturated carbocycles. The van der Waals surface area contributed by atoms with Crippen LogP contribution >= 0.6 is 0 Å². The molecule has 0 aromatic carbocycles. The SMILES string of the molecule is C=C(CCC(C)C1CCC2C3=C[C@@H](OC(C)=O)[C@@]4(O)C[C@@H](O)CC[C@]4(C)[C@@]3(O)[C@H](O)C[C@@]21C)C(C)C. The third-order valence-electron chi connectivity index (χ3n) is 11.2. The van der Waals surface area contributed by atoms with E-state index in [1.54, 1.807) is 13.0 Å². The van der Waals surface area contributed by atoms with Gasteiger partial charge < -0.3 is 25.2 Å². The van der Waals surface area contributed by atoms with Crippen molar-refractivity contribution in [1.29, 1.82) is 0 Å². The molecule has 36 heavy (non-hydrogen) atoms. The summed E-state index contributed by atoms with van der Waals surface area (Å²) in [5.41, 5.74) is -2.71. The lowest BCUT2D eigenvalue weighted by Gasteiger charge is -2.67. The molecule has 0 saturated heterocycles. The minimum atomic E-state index is -1.67. The molecule has 6 nitrogen and oxygen atoms in total. The molecular formula is C30H48O6. The second kappa shape index (κ2) is 9.21. The van der Waals surface area contributed by atoms with E-state index in [-0.39, 0.29) is 17.8 Å². The third kappa shape index (κ3) is 3.85. The third-order valence-corrected chi connectivity index (χ3v) is 11.2. The van der Waals surface area contributed by atoms with Crippen LogP contribution in [0, 0.1) is 34.5 Å². The van der Waals surface area contributed by atoms with Crippen LogP contribution in [0.5, 0.6) is 0 Å². The summed E-state index contributed by atoms with van der Waals surface area (Å²) < 4.78 is 5.67. The summed E-state index contributed by atoms with van der Waals surface area (Å²) >= 11 is 0. The Kier molecular flexibility index (Phi) is 7.12. The molecule has 3 fully saturated rings. The van der Waals surface area contributed by atoms with E-state index in [1.165, 1.54) is 12.5 Å². The minimum absolute atomic E-state index is 0.0123. The molecule has 4 rings (SSSR count). The number of allylic oxidation sites excluding steroid dienone is 1. The monoisotopic (exact) mass is 504 g/mol. The number of esters is 1. The predicted octanol–water partition coefficient (Wildman–Crippen LogP) is 4.30. The van der Waals surface area contributed by atoms with Crippen LogP contribution < -0.4 is 0 Å². The maximum Gasteiger partial charge on any atom is 0.303 e. The van der Waals surface area contributed by atoms with Crippen molar-refractivity contribution >= 4 is 5.97 Å². The van der Waals surface area contributed by atoms with Crippen molar-refractivity contribution in [2.75, 3.05) is 0 Å². The molecule has 0 heterocycles. The van der Waals surface area contributed by atoms with Gasteiger partial charge in [0.25, 0.3) is 0 Å². The largest absolute Gasteiger partial charge is 0.455 e. The van der Waals surface area contributed by atoms with Crippen LogP contribution in [0.25, 0.3) is 0 Å².